The monoisotopic (exact) mass is 459 g/mol. The lowest BCUT2D eigenvalue weighted by Crippen LogP contribution is -2.50. The van der Waals surface area contributed by atoms with E-state index in [4.69, 9.17) is 4.74 Å². The Morgan fingerprint density at radius 3 is 2.39 bits per heavy atom. The highest BCUT2D eigenvalue weighted by Gasteiger charge is 2.35. The largest absolute Gasteiger partial charge is 0.490 e. The normalized spacial score (nSPS) is 23.7. The number of amides is 3. The summed E-state index contributed by atoms with van der Waals surface area (Å²) in [5.74, 6) is 0.379. The van der Waals surface area contributed by atoms with Gasteiger partial charge in [0.2, 0.25) is 17.7 Å². The maximum Gasteiger partial charge on any atom is 0.224 e. The predicted octanol–water partition coefficient (Wildman–Crippen LogP) is 2.84. The molecule has 0 N–H and O–H groups in total. The van der Waals surface area contributed by atoms with Gasteiger partial charge < -0.3 is 19.4 Å². The van der Waals surface area contributed by atoms with E-state index < -0.39 is 0 Å². The highest BCUT2D eigenvalue weighted by molar-refractivity contribution is 5.80. The van der Waals surface area contributed by atoms with E-state index in [1.165, 1.54) is 12.1 Å². The molecular formula is C25H34FN3O4. The van der Waals surface area contributed by atoms with Crippen molar-refractivity contribution in [2.24, 2.45) is 5.92 Å². The Labute approximate surface area is 194 Å². The maximum absolute atomic E-state index is 13.3. The molecule has 3 amide bonds. The molecule has 4 rings (SSSR count). The van der Waals surface area contributed by atoms with Crippen LogP contribution in [0.15, 0.2) is 24.3 Å². The standard InChI is InChI=1S/C25H34FN3O4/c26-20-6-8-21(9-7-20)33-22-10-15-29(24(31)11-16-28-14-4-5-23(28)30)18-19(22)17-25(32)27-12-2-1-3-13-27/h6-9,19,22H,1-5,10-18H2/t19-,22-/m0/s1. The molecule has 0 saturated carbocycles. The number of ether oxygens (including phenoxy) is 1. The van der Waals surface area contributed by atoms with Crippen molar-refractivity contribution >= 4 is 17.7 Å². The number of piperidine rings is 2. The Bertz CT molecular complexity index is 841. The van der Waals surface area contributed by atoms with Crippen LogP contribution >= 0.6 is 0 Å². The van der Waals surface area contributed by atoms with Gasteiger partial charge in [0.15, 0.2) is 0 Å². The van der Waals surface area contributed by atoms with Crippen LogP contribution in [0.5, 0.6) is 5.75 Å². The van der Waals surface area contributed by atoms with Crippen LogP contribution in [0.4, 0.5) is 4.39 Å². The summed E-state index contributed by atoms with van der Waals surface area (Å²) in [6, 6.07) is 5.93. The van der Waals surface area contributed by atoms with Crippen LogP contribution in [-0.2, 0) is 14.4 Å². The quantitative estimate of drug-likeness (QED) is 0.629. The zero-order valence-corrected chi connectivity index (χ0v) is 19.2. The Morgan fingerprint density at radius 2 is 1.70 bits per heavy atom. The molecule has 0 aromatic heterocycles. The van der Waals surface area contributed by atoms with Crippen molar-refractivity contribution in [3.8, 4) is 5.75 Å². The van der Waals surface area contributed by atoms with Crippen molar-refractivity contribution in [1.29, 1.82) is 0 Å². The summed E-state index contributed by atoms with van der Waals surface area (Å²) in [6.07, 6.45) is 5.70. The van der Waals surface area contributed by atoms with Gasteiger partial charge in [0.1, 0.15) is 17.7 Å². The minimum Gasteiger partial charge on any atom is -0.490 e. The van der Waals surface area contributed by atoms with E-state index in [1.807, 2.05) is 9.80 Å². The Hall–Kier alpha value is -2.64. The highest BCUT2D eigenvalue weighted by Crippen LogP contribution is 2.27. The number of hydrogen-bond donors (Lipinski definition) is 0. The van der Waals surface area contributed by atoms with Crippen LogP contribution in [0.3, 0.4) is 0 Å². The summed E-state index contributed by atoms with van der Waals surface area (Å²) in [6.45, 7) is 3.78. The number of carbonyl (C=O) groups is 3. The van der Waals surface area contributed by atoms with Gasteiger partial charge >= 0.3 is 0 Å². The minimum absolute atomic E-state index is 0.0188. The molecule has 8 heteroatoms. The van der Waals surface area contributed by atoms with Gasteiger partial charge in [-0.15, -0.1) is 0 Å². The van der Waals surface area contributed by atoms with Crippen LogP contribution in [0.25, 0.3) is 0 Å². The van der Waals surface area contributed by atoms with Crippen molar-refractivity contribution in [2.45, 2.75) is 57.5 Å². The first-order chi connectivity index (χ1) is 16.0. The SMILES string of the molecule is O=C1CCCN1CCC(=O)N1CC[C@H](Oc2ccc(F)cc2)[C@@H](CC(=O)N2CCCCC2)C1. The Kier molecular flexibility index (Phi) is 7.83. The Morgan fingerprint density at radius 1 is 0.939 bits per heavy atom. The second-order valence-corrected chi connectivity index (χ2v) is 9.38. The lowest BCUT2D eigenvalue weighted by molar-refractivity contribution is -0.140. The molecule has 1 aromatic carbocycles. The number of rotatable bonds is 7. The molecule has 3 aliphatic rings. The summed E-state index contributed by atoms with van der Waals surface area (Å²) >= 11 is 0. The average Bonchev–Trinajstić information content (AvgIpc) is 3.25. The number of nitrogens with zero attached hydrogens (tertiary/aromatic N) is 3. The highest BCUT2D eigenvalue weighted by atomic mass is 19.1. The summed E-state index contributed by atoms with van der Waals surface area (Å²) in [4.78, 5) is 43.3. The first kappa shape index (κ1) is 23.5. The molecule has 3 aliphatic heterocycles. The number of benzene rings is 1. The average molecular weight is 460 g/mol. The molecule has 2 atom stereocenters. The van der Waals surface area contributed by atoms with Gasteiger partial charge in [-0.25, -0.2) is 4.39 Å². The van der Waals surface area contributed by atoms with Crippen molar-refractivity contribution in [2.75, 3.05) is 39.3 Å². The van der Waals surface area contributed by atoms with Gasteiger partial charge in [-0.2, -0.15) is 0 Å². The summed E-state index contributed by atoms with van der Waals surface area (Å²) in [5, 5.41) is 0. The van der Waals surface area contributed by atoms with Crippen molar-refractivity contribution in [1.82, 2.24) is 14.7 Å². The molecule has 0 unspecified atom stereocenters. The molecule has 180 valence electrons. The third-order valence-electron chi connectivity index (χ3n) is 7.03. The molecule has 3 heterocycles. The van der Waals surface area contributed by atoms with Gasteiger partial charge in [0, 0.05) is 70.9 Å². The summed E-state index contributed by atoms with van der Waals surface area (Å²) in [7, 11) is 0. The molecule has 0 radical (unpaired) electrons. The topological polar surface area (TPSA) is 70.2 Å². The van der Waals surface area contributed by atoms with Crippen LogP contribution in [-0.4, -0.2) is 77.8 Å². The smallest absolute Gasteiger partial charge is 0.224 e. The lowest BCUT2D eigenvalue weighted by atomic mass is 9.90. The van der Waals surface area contributed by atoms with Crippen molar-refractivity contribution in [3.63, 3.8) is 0 Å². The molecule has 7 nitrogen and oxygen atoms in total. The second kappa shape index (κ2) is 11.0. The number of halogens is 1. The fraction of sp³-hybridized carbons (Fsp3) is 0.640. The molecular weight excluding hydrogens is 425 g/mol. The van der Waals surface area contributed by atoms with Crippen LogP contribution in [0.1, 0.15) is 51.4 Å². The number of carbonyl (C=O) groups excluding carboxylic acids is 3. The van der Waals surface area contributed by atoms with Crippen LogP contribution in [0.2, 0.25) is 0 Å². The molecule has 33 heavy (non-hydrogen) atoms. The number of likely N-dealkylation sites (tertiary alicyclic amines) is 3. The van der Waals surface area contributed by atoms with E-state index in [1.54, 1.807) is 17.0 Å². The minimum atomic E-state index is -0.323. The van der Waals surface area contributed by atoms with E-state index in [-0.39, 0.29) is 35.6 Å². The third kappa shape index (κ3) is 6.24. The van der Waals surface area contributed by atoms with Crippen LogP contribution in [0, 0.1) is 11.7 Å². The molecule has 3 fully saturated rings. The number of hydrogen-bond acceptors (Lipinski definition) is 4. The van der Waals surface area contributed by atoms with E-state index in [9.17, 15) is 18.8 Å². The zero-order chi connectivity index (χ0) is 23.2. The van der Waals surface area contributed by atoms with Gasteiger partial charge in [-0.05, 0) is 49.9 Å². The molecule has 0 spiro atoms. The molecule has 1 aromatic rings. The van der Waals surface area contributed by atoms with Crippen molar-refractivity contribution in [3.05, 3.63) is 30.1 Å². The third-order valence-corrected chi connectivity index (χ3v) is 7.03. The van der Waals surface area contributed by atoms with E-state index in [2.05, 4.69) is 0 Å². The molecule has 0 aliphatic carbocycles. The lowest BCUT2D eigenvalue weighted by Gasteiger charge is -2.39. The van der Waals surface area contributed by atoms with E-state index in [0.717, 1.165) is 45.3 Å². The van der Waals surface area contributed by atoms with Gasteiger partial charge in [0.05, 0.1) is 0 Å². The fourth-order valence-electron chi connectivity index (χ4n) is 5.10. The maximum atomic E-state index is 13.3. The van der Waals surface area contributed by atoms with Gasteiger partial charge in [-0.1, -0.05) is 0 Å². The summed E-state index contributed by atoms with van der Waals surface area (Å²) < 4.78 is 19.5. The van der Waals surface area contributed by atoms with Gasteiger partial charge in [-0.3, -0.25) is 14.4 Å². The van der Waals surface area contributed by atoms with E-state index in [0.29, 0.717) is 51.1 Å². The first-order valence-electron chi connectivity index (χ1n) is 12.2. The van der Waals surface area contributed by atoms with Gasteiger partial charge in [0.25, 0.3) is 0 Å². The first-order valence-corrected chi connectivity index (χ1v) is 12.2. The summed E-state index contributed by atoms with van der Waals surface area (Å²) in [5.41, 5.74) is 0. The second-order valence-electron chi connectivity index (χ2n) is 9.38. The van der Waals surface area contributed by atoms with E-state index >= 15 is 0 Å². The van der Waals surface area contributed by atoms with Crippen LogP contribution < -0.4 is 4.74 Å². The Balaban J connectivity index is 1.39. The zero-order valence-electron chi connectivity index (χ0n) is 19.2. The predicted molar refractivity (Wildman–Crippen MR) is 121 cm³/mol. The fourth-order valence-corrected chi connectivity index (χ4v) is 5.10. The molecule has 3 saturated heterocycles. The molecule has 0 bridgehead atoms. The van der Waals surface area contributed by atoms with Crippen molar-refractivity contribution < 1.29 is 23.5 Å².